The van der Waals surface area contributed by atoms with Crippen LogP contribution in [0.3, 0.4) is 0 Å². The van der Waals surface area contributed by atoms with Crippen LogP contribution >= 0.6 is 39.1 Å². The summed E-state index contributed by atoms with van der Waals surface area (Å²) in [6.45, 7) is 3.97. The predicted molar refractivity (Wildman–Crippen MR) is 166 cm³/mol. The Labute approximate surface area is 260 Å². The molecule has 0 radical (unpaired) electrons. The van der Waals surface area contributed by atoms with Gasteiger partial charge in [0.25, 0.3) is 5.91 Å². The van der Waals surface area contributed by atoms with Gasteiger partial charge in [-0.05, 0) is 71.7 Å². The van der Waals surface area contributed by atoms with E-state index in [0.29, 0.717) is 39.8 Å². The number of aryl methyl sites for hydroxylation is 1. The number of rotatable bonds is 10. The molecule has 0 saturated carbocycles. The normalized spacial score (nSPS) is 11.1. The average Bonchev–Trinajstić information content (AvgIpc) is 3.28. The molecule has 2 N–H and O–H groups in total. The highest BCUT2D eigenvalue weighted by Gasteiger charge is 2.20. The Morgan fingerprint density at radius 2 is 1.93 bits per heavy atom. The van der Waals surface area contributed by atoms with E-state index in [4.69, 9.17) is 27.9 Å². The summed E-state index contributed by atoms with van der Waals surface area (Å²) in [5.74, 6) is -0.610. The minimum Gasteiger partial charge on any atom is -0.485 e. The summed E-state index contributed by atoms with van der Waals surface area (Å²) in [6.07, 6.45) is 6.16. The number of imidazole rings is 1. The molecule has 0 atom stereocenters. The minimum atomic E-state index is -0.476. The first-order chi connectivity index (χ1) is 20.1. The molecule has 42 heavy (non-hydrogen) atoms. The van der Waals surface area contributed by atoms with Gasteiger partial charge in [0.2, 0.25) is 11.8 Å². The first-order valence-electron chi connectivity index (χ1n) is 12.8. The number of carbonyl (C=O) groups excluding carboxylic acids is 3. The van der Waals surface area contributed by atoms with Gasteiger partial charge in [-0.3, -0.25) is 23.8 Å². The van der Waals surface area contributed by atoms with Crippen LogP contribution in [0.2, 0.25) is 10.0 Å². The molecule has 0 saturated heterocycles. The first-order valence-corrected chi connectivity index (χ1v) is 14.3. The number of anilines is 1. The minimum absolute atomic E-state index is 0.0391. The number of hydrogen-bond donors (Lipinski definition) is 2. The Bertz CT molecular complexity index is 1670. The van der Waals surface area contributed by atoms with E-state index in [0.717, 1.165) is 10.3 Å². The largest absolute Gasteiger partial charge is 0.485 e. The Morgan fingerprint density at radius 1 is 1.14 bits per heavy atom. The third-order valence-electron chi connectivity index (χ3n) is 6.19. The van der Waals surface area contributed by atoms with E-state index in [1.54, 1.807) is 37.4 Å². The molecule has 3 heterocycles. The zero-order chi connectivity index (χ0) is 30.4. The summed E-state index contributed by atoms with van der Waals surface area (Å²) in [4.78, 5) is 47.0. The SMILES string of the molecule is CCNC(=O)c1ccc(/C=C/C(=O)NCC(=O)N(C)c2ccc(Cl)c(COc3cccn4c(Br)c(C)nc34)c2Cl)cn1. The molecular formula is C29H27BrCl2N6O4. The van der Waals surface area contributed by atoms with Crippen molar-refractivity contribution in [2.45, 2.75) is 20.5 Å². The zero-order valence-electron chi connectivity index (χ0n) is 23.0. The smallest absolute Gasteiger partial charge is 0.269 e. The van der Waals surface area contributed by atoms with Crippen LogP contribution in [0.15, 0.2) is 59.5 Å². The number of halogens is 3. The van der Waals surface area contributed by atoms with Crippen LogP contribution in [0.4, 0.5) is 5.69 Å². The number of aromatic nitrogens is 3. The molecule has 0 aliphatic carbocycles. The Balaban J connectivity index is 1.37. The molecule has 10 nitrogen and oxygen atoms in total. The van der Waals surface area contributed by atoms with Crippen LogP contribution in [0.25, 0.3) is 11.7 Å². The zero-order valence-corrected chi connectivity index (χ0v) is 26.0. The third-order valence-corrected chi connectivity index (χ3v) is 7.92. The summed E-state index contributed by atoms with van der Waals surface area (Å²) in [7, 11) is 1.55. The van der Waals surface area contributed by atoms with Crippen molar-refractivity contribution in [1.82, 2.24) is 25.0 Å². The molecule has 0 aliphatic heterocycles. The summed E-state index contributed by atoms with van der Waals surface area (Å²) >= 11 is 16.6. The quantitative estimate of drug-likeness (QED) is 0.223. The molecule has 13 heteroatoms. The van der Waals surface area contributed by atoms with Gasteiger partial charge < -0.3 is 20.3 Å². The van der Waals surface area contributed by atoms with Gasteiger partial charge in [0.05, 0.1) is 22.9 Å². The highest BCUT2D eigenvalue weighted by atomic mass is 79.9. The van der Waals surface area contributed by atoms with Crippen molar-refractivity contribution in [3.63, 3.8) is 0 Å². The second-order valence-electron chi connectivity index (χ2n) is 9.04. The van der Waals surface area contributed by atoms with Crippen LogP contribution in [0.5, 0.6) is 5.75 Å². The number of hydrogen-bond acceptors (Lipinski definition) is 6. The maximum Gasteiger partial charge on any atom is 0.269 e. The van der Waals surface area contributed by atoms with Gasteiger partial charge in [-0.1, -0.05) is 29.3 Å². The fraction of sp³-hybridized carbons (Fsp3) is 0.207. The van der Waals surface area contributed by atoms with Crippen LogP contribution in [-0.4, -0.2) is 52.2 Å². The lowest BCUT2D eigenvalue weighted by Gasteiger charge is -2.21. The standard InChI is InChI=1S/C29H27BrCl2N6O4/c1-4-33-29(41)21-10-7-18(14-34-21)8-12-24(39)35-15-25(40)37(3)22-11-9-20(31)19(26(22)32)16-42-23-6-5-13-38-27(30)17(2)36-28(23)38/h5-14H,4,15-16H2,1-3H3,(H,33,41)(H,35,39)/b12-8+. The number of pyridine rings is 2. The first kappa shape index (κ1) is 31.0. The van der Waals surface area contributed by atoms with Crippen LogP contribution < -0.4 is 20.3 Å². The van der Waals surface area contributed by atoms with Crippen molar-refractivity contribution in [3.05, 3.63) is 92.0 Å². The van der Waals surface area contributed by atoms with E-state index in [9.17, 15) is 14.4 Å². The van der Waals surface area contributed by atoms with E-state index in [2.05, 4.69) is 36.5 Å². The fourth-order valence-electron chi connectivity index (χ4n) is 3.90. The highest BCUT2D eigenvalue weighted by molar-refractivity contribution is 9.10. The molecule has 218 valence electrons. The molecule has 3 amide bonds. The highest BCUT2D eigenvalue weighted by Crippen LogP contribution is 2.35. The molecule has 0 unspecified atom stereocenters. The van der Waals surface area contributed by atoms with E-state index < -0.39 is 11.8 Å². The lowest BCUT2D eigenvalue weighted by molar-refractivity contribution is -0.122. The van der Waals surface area contributed by atoms with Crippen molar-refractivity contribution < 1.29 is 19.1 Å². The Morgan fingerprint density at radius 3 is 2.64 bits per heavy atom. The van der Waals surface area contributed by atoms with Crippen molar-refractivity contribution >= 4 is 74.3 Å². The molecule has 0 aliphatic rings. The van der Waals surface area contributed by atoms with Gasteiger partial charge in [0, 0.05) is 42.6 Å². The number of carbonyl (C=O) groups is 3. The molecule has 1 aromatic carbocycles. The Kier molecular flexibility index (Phi) is 10.2. The van der Waals surface area contributed by atoms with Gasteiger partial charge in [-0.15, -0.1) is 0 Å². The monoisotopic (exact) mass is 672 g/mol. The number of nitrogens with zero attached hydrogens (tertiary/aromatic N) is 4. The summed E-state index contributed by atoms with van der Waals surface area (Å²) in [6, 6.07) is 10.1. The number of benzene rings is 1. The summed E-state index contributed by atoms with van der Waals surface area (Å²) in [5, 5.41) is 5.85. The second-order valence-corrected chi connectivity index (χ2v) is 10.6. The lowest BCUT2D eigenvalue weighted by atomic mass is 10.2. The lowest BCUT2D eigenvalue weighted by Crippen LogP contribution is -2.37. The average molecular weight is 674 g/mol. The van der Waals surface area contributed by atoms with E-state index >= 15 is 0 Å². The van der Waals surface area contributed by atoms with Crippen molar-refractivity contribution in [3.8, 4) is 5.75 Å². The third kappa shape index (κ3) is 7.10. The van der Waals surface area contributed by atoms with Crippen LogP contribution in [0, 0.1) is 6.92 Å². The van der Waals surface area contributed by atoms with Crippen LogP contribution in [-0.2, 0) is 16.2 Å². The van der Waals surface area contributed by atoms with Crippen molar-refractivity contribution in [1.29, 1.82) is 0 Å². The molecule has 0 fully saturated rings. The Hall–Kier alpha value is -3.93. The molecular weight excluding hydrogens is 647 g/mol. The summed E-state index contributed by atoms with van der Waals surface area (Å²) < 4.78 is 8.73. The fourth-order valence-corrected chi connectivity index (χ4v) is 4.88. The number of fused-ring (bicyclic) bond motifs is 1. The number of nitrogens with one attached hydrogen (secondary N) is 2. The van der Waals surface area contributed by atoms with Crippen molar-refractivity contribution in [2.75, 3.05) is 25.0 Å². The number of amides is 3. The second kappa shape index (κ2) is 13.8. The molecule has 0 bridgehead atoms. The van der Waals surface area contributed by atoms with E-state index in [-0.39, 0.29) is 29.8 Å². The van der Waals surface area contributed by atoms with Gasteiger partial charge in [-0.2, -0.15) is 0 Å². The van der Waals surface area contributed by atoms with Gasteiger partial charge in [0.1, 0.15) is 16.9 Å². The van der Waals surface area contributed by atoms with Crippen molar-refractivity contribution in [2.24, 2.45) is 0 Å². The van der Waals surface area contributed by atoms with Crippen LogP contribution in [0.1, 0.15) is 34.2 Å². The molecule has 3 aromatic heterocycles. The molecule has 0 spiro atoms. The number of ether oxygens (including phenoxy) is 1. The molecule has 4 aromatic rings. The molecule has 4 rings (SSSR count). The summed E-state index contributed by atoms with van der Waals surface area (Å²) in [5.41, 5.74) is 3.26. The van der Waals surface area contributed by atoms with E-state index in [1.165, 1.54) is 23.2 Å². The van der Waals surface area contributed by atoms with Gasteiger partial charge in [-0.25, -0.2) is 4.98 Å². The number of likely N-dealkylation sites (N-methyl/N-ethyl adjacent to an activating group) is 1. The van der Waals surface area contributed by atoms with E-state index in [1.807, 2.05) is 30.5 Å². The predicted octanol–water partition coefficient (Wildman–Crippen LogP) is 5.23. The topological polar surface area (TPSA) is 118 Å². The van der Waals surface area contributed by atoms with Gasteiger partial charge in [0.15, 0.2) is 11.4 Å². The maximum atomic E-state index is 12.9. The maximum absolute atomic E-state index is 12.9. The van der Waals surface area contributed by atoms with Gasteiger partial charge >= 0.3 is 0 Å².